The fourth-order valence-electron chi connectivity index (χ4n) is 1.42. The van der Waals surface area contributed by atoms with Gasteiger partial charge in [0.25, 0.3) is 0 Å². The second kappa shape index (κ2) is 5.66. The molecule has 3 heteroatoms. The smallest absolute Gasteiger partial charge is 0.137 e. The summed E-state index contributed by atoms with van der Waals surface area (Å²) in [6.45, 7) is 5.16. The lowest BCUT2D eigenvalue weighted by Gasteiger charge is -2.23. The molecule has 0 amide bonds. The average molecular weight is 201 g/mol. The zero-order valence-corrected chi connectivity index (χ0v) is 9.32. The Labute approximate surface area is 84.9 Å². The number of ketones is 1. The SMILES string of the molecule is CCC(C)C(=O)CC1CSCCN1. The maximum Gasteiger partial charge on any atom is 0.137 e. The number of nitrogens with one attached hydrogen (secondary N) is 1. The van der Waals surface area contributed by atoms with Crippen LogP contribution < -0.4 is 5.32 Å². The second-order valence-corrected chi connectivity index (χ2v) is 4.86. The lowest BCUT2D eigenvalue weighted by atomic mass is 9.98. The van der Waals surface area contributed by atoms with Crippen molar-refractivity contribution in [2.45, 2.75) is 32.7 Å². The first-order valence-corrected chi connectivity index (χ1v) is 6.23. The summed E-state index contributed by atoms with van der Waals surface area (Å²) in [4.78, 5) is 11.6. The fraction of sp³-hybridized carbons (Fsp3) is 0.900. The molecule has 1 saturated heterocycles. The van der Waals surface area contributed by atoms with E-state index in [0.29, 0.717) is 11.8 Å². The summed E-state index contributed by atoms with van der Waals surface area (Å²) in [5.74, 6) is 2.95. The van der Waals surface area contributed by atoms with Crippen LogP contribution in [0.4, 0.5) is 0 Å². The number of Topliss-reactive ketones (excluding diaryl/α,β-unsaturated/α-hetero) is 1. The molecule has 1 rings (SSSR count). The molecule has 1 heterocycles. The van der Waals surface area contributed by atoms with Crippen molar-refractivity contribution in [3.63, 3.8) is 0 Å². The van der Waals surface area contributed by atoms with Crippen LogP contribution in [-0.2, 0) is 4.79 Å². The van der Waals surface area contributed by atoms with Crippen LogP contribution in [0.1, 0.15) is 26.7 Å². The Balaban J connectivity index is 2.26. The molecule has 1 fully saturated rings. The lowest BCUT2D eigenvalue weighted by Crippen LogP contribution is -2.39. The standard InChI is InChI=1S/C10H19NOS/c1-3-8(2)10(12)6-9-7-13-5-4-11-9/h8-9,11H,3-7H2,1-2H3. The summed E-state index contributed by atoms with van der Waals surface area (Å²) in [7, 11) is 0. The van der Waals surface area contributed by atoms with Gasteiger partial charge in [-0.25, -0.2) is 0 Å². The van der Waals surface area contributed by atoms with E-state index < -0.39 is 0 Å². The predicted molar refractivity (Wildman–Crippen MR) is 58.2 cm³/mol. The van der Waals surface area contributed by atoms with E-state index >= 15 is 0 Å². The lowest BCUT2D eigenvalue weighted by molar-refractivity contribution is -0.122. The van der Waals surface area contributed by atoms with Gasteiger partial charge in [0.05, 0.1) is 0 Å². The Morgan fingerprint density at radius 2 is 2.46 bits per heavy atom. The first-order chi connectivity index (χ1) is 6.24. The van der Waals surface area contributed by atoms with Crippen LogP contribution in [0.2, 0.25) is 0 Å². The van der Waals surface area contributed by atoms with Gasteiger partial charge >= 0.3 is 0 Å². The molecule has 1 N–H and O–H groups in total. The molecule has 1 aliphatic heterocycles. The quantitative estimate of drug-likeness (QED) is 0.750. The maximum absolute atomic E-state index is 11.6. The highest BCUT2D eigenvalue weighted by atomic mass is 32.2. The minimum Gasteiger partial charge on any atom is -0.312 e. The van der Waals surface area contributed by atoms with Crippen molar-refractivity contribution >= 4 is 17.5 Å². The van der Waals surface area contributed by atoms with Crippen molar-refractivity contribution in [3.05, 3.63) is 0 Å². The molecule has 2 nitrogen and oxygen atoms in total. The van der Waals surface area contributed by atoms with Crippen molar-refractivity contribution < 1.29 is 4.79 Å². The highest BCUT2D eigenvalue weighted by Crippen LogP contribution is 2.13. The van der Waals surface area contributed by atoms with Crippen LogP contribution in [-0.4, -0.2) is 29.9 Å². The summed E-state index contributed by atoms with van der Waals surface area (Å²) in [6.07, 6.45) is 1.70. The zero-order valence-electron chi connectivity index (χ0n) is 8.51. The van der Waals surface area contributed by atoms with E-state index in [-0.39, 0.29) is 5.92 Å². The highest BCUT2D eigenvalue weighted by Gasteiger charge is 2.19. The van der Waals surface area contributed by atoms with Gasteiger partial charge in [-0.1, -0.05) is 13.8 Å². The largest absolute Gasteiger partial charge is 0.312 e. The molecule has 0 spiro atoms. The molecular formula is C10H19NOS. The first kappa shape index (κ1) is 11.1. The molecule has 1 aliphatic rings. The van der Waals surface area contributed by atoms with Gasteiger partial charge in [0, 0.05) is 36.4 Å². The van der Waals surface area contributed by atoms with Gasteiger partial charge in [-0.3, -0.25) is 4.79 Å². The Morgan fingerprint density at radius 3 is 3.00 bits per heavy atom. The van der Waals surface area contributed by atoms with Crippen molar-refractivity contribution in [2.24, 2.45) is 5.92 Å². The van der Waals surface area contributed by atoms with Crippen LogP contribution in [0, 0.1) is 5.92 Å². The normalized spacial score (nSPS) is 25.5. The van der Waals surface area contributed by atoms with Crippen molar-refractivity contribution in [3.8, 4) is 0 Å². The number of hydrogen-bond acceptors (Lipinski definition) is 3. The van der Waals surface area contributed by atoms with Gasteiger partial charge < -0.3 is 5.32 Å². The van der Waals surface area contributed by atoms with Gasteiger partial charge in [0.15, 0.2) is 0 Å². The van der Waals surface area contributed by atoms with Crippen LogP contribution in [0.3, 0.4) is 0 Å². The Kier molecular flexibility index (Phi) is 4.81. The van der Waals surface area contributed by atoms with Gasteiger partial charge in [-0.05, 0) is 6.42 Å². The average Bonchev–Trinajstić information content (AvgIpc) is 2.18. The van der Waals surface area contributed by atoms with E-state index in [9.17, 15) is 4.79 Å². The van der Waals surface area contributed by atoms with Crippen LogP contribution in [0.25, 0.3) is 0 Å². The number of hydrogen-bond donors (Lipinski definition) is 1. The molecule has 76 valence electrons. The third-order valence-corrected chi connectivity index (χ3v) is 3.74. The molecule has 0 aromatic carbocycles. The number of rotatable bonds is 4. The van der Waals surface area contributed by atoms with E-state index in [2.05, 4.69) is 12.2 Å². The Bertz CT molecular complexity index is 166. The molecule has 0 saturated carbocycles. The van der Waals surface area contributed by atoms with Crippen molar-refractivity contribution in [1.29, 1.82) is 0 Å². The summed E-state index contributed by atoms with van der Waals surface area (Å²) in [6, 6.07) is 0.431. The highest BCUT2D eigenvalue weighted by molar-refractivity contribution is 7.99. The predicted octanol–water partition coefficient (Wildman–Crippen LogP) is 1.70. The van der Waals surface area contributed by atoms with Crippen LogP contribution >= 0.6 is 11.8 Å². The Morgan fingerprint density at radius 1 is 1.69 bits per heavy atom. The molecular weight excluding hydrogens is 182 g/mol. The van der Waals surface area contributed by atoms with E-state index in [1.54, 1.807) is 0 Å². The third kappa shape index (κ3) is 3.69. The summed E-state index contributed by atoms with van der Waals surface area (Å²) in [5.41, 5.74) is 0. The van der Waals surface area contributed by atoms with Crippen molar-refractivity contribution in [1.82, 2.24) is 5.32 Å². The summed E-state index contributed by atoms with van der Waals surface area (Å²) >= 11 is 1.95. The molecule has 13 heavy (non-hydrogen) atoms. The number of thioether (sulfide) groups is 1. The number of carbonyl (C=O) groups excluding carboxylic acids is 1. The minimum absolute atomic E-state index is 0.244. The minimum atomic E-state index is 0.244. The zero-order chi connectivity index (χ0) is 9.68. The van der Waals surface area contributed by atoms with Crippen molar-refractivity contribution in [2.75, 3.05) is 18.1 Å². The molecule has 0 aromatic heterocycles. The van der Waals surface area contributed by atoms with E-state index in [0.717, 1.165) is 25.1 Å². The number of carbonyl (C=O) groups is 1. The van der Waals surface area contributed by atoms with Gasteiger partial charge in [0.2, 0.25) is 0 Å². The maximum atomic E-state index is 11.6. The van der Waals surface area contributed by atoms with Crippen LogP contribution in [0.5, 0.6) is 0 Å². The van der Waals surface area contributed by atoms with E-state index in [1.165, 1.54) is 5.75 Å². The first-order valence-electron chi connectivity index (χ1n) is 5.08. The van der Waals surface area contributed by atoms with E-state index in [1.807, 2.05) is 18.7 Å². The monoisotopic (exact) mass is 201 g/mol. The second-order valence-electron chi connectivity index (χ2n) is 3.71. The molecule has 0 aromatic rings. The molecule has 2 atom stereocenters. The van der Waals surface area contributed by atoms with Gasteiger partial charge in [0.1, 0.15) is 5.78 Å². The summed E-state index contributed by atoms with van der Waals surface area (Å²) < 4.78 is 0. The van der Waals surface area contributed by atoms with Gasteiger partial charge in [-0.15, -0.1) is 0 Å². The fourth-order valence-corrected chi connectivity index (χ4v) is 2.37. The molecule has 2 unspecified atom stereocenters. The molecule has 0 radical (unpaired) electrons. The molecule has 0 aliphatic carbocycles. The Hall–Kier alpha value is -0.0200. The van der Waals surface area contributed by atoms with Gasteiger partial charge in [-0.2, -0.15) is 11.8 Å². The van der Waals surface area contributed by atoms with Crippen LogP contribution in [0.15, 0.2) is 0 Å². The van der Waals surface area contributed by atoms with E-state index in [4.69, 9.17) is 0 Å². The third-order valence-electron chi connectivity index (χ3n) is 2.61. The topological polar surface area (TPSA) is 29.1 Å². The summed E-state index contributed by atoms with van der Waals surface area (Å²) in [5, 5.41) is 3.39. The molecule has 0 bridgehead atoms.